The molecule has 0 saturated heterocycles. The van der Waals surface area contributed by atoms with Crippen LogP contribution in [0.4, 0.5) is 5.69 Å². The van der Waals surface area contributed by atoms with Crippen molar-refractivity contribution in [3.05, 3.63) is 29.8 Å². The van der Waals surface area contributed by atoms with Gasteiger partial charge in [-0.1, -0.05) is 44.2 Å². The fourth-order valence-corrected chi connectivity index (χ4v) is 3.34. The van der Waals surface area contributed by atoms with E-state index >= 15 is 0 Å². The third-order valence-corrected chi connectivity index (χ3v) is 4.82. The number of carbonyl (C=O) groups is 3. The molecule has 1 atom stereocenters. The second-order valence-electron chi connectivity index (χ2n) is 7.01. The van der Waals surface area contributed by atoms with E-state index in [1.54, 1.807) is 12.1 Å². The lowest BCUT2D eigenvalue weighted by Crippen LogP contribution is -2.30. The number of benzene rings is 1. The number of nitrogens with one attached hydrogen (secondary N) is 1. The molecule has 27 heavy (non-hydrogen) atoms. The van der Waals surface area contributed by atoms with E-state index in [0.717, 1.165) is 24.6 Å². The zero-order valence-electron chi connectivity index (χ0n) is 15.4. The Hall–Kier alpha value is -2.57. The van der Waals surface area contributed by atoms with Gasteiger partial charge in [-0.3, -0.25) is 9.59 Å². The molecule has 7 heteroatoms. The number of carboxylic acid groups (broad SMARTS) is 2. The van der Waals surface area contributed by atoms with Crippen LogP contribution in [0.5, 0.6) is 0 Å². The minimum Gasteiger partial charge on any atom is -0.481 e. The first-order chi connectivity index (χ1) is 12.9. The van der Waals surface area contributed by atoms with Crippen LogP contribution in [0, 0.1) is 5.92 Å². The molecule has 1 aromatic rings. The smallest absolute Gasteiger partial charge is 0.345 e. The Morgan fingerprint density at radius 1 is 1.07 bits per heavy atom. The van der Waals surface area contributed by atoms with Crippen LogP contribution in [0.25, 0.3) is 0 Å². The van der Waals surface area contributed by atoms with Crippen LogP contribution in [-0.2, 0) is 25.5 Å². The molecule has 0 aliphatic heterocycles. The van der Waals surface area contributed by atoms with Crippen molar-refractivity contribution in [2.75, 3.05) is 11.9 Å². The molecule has 3 N–H and O–H groups in total. The predicted octanol–water partition coefficient (Wildman–Crippen LogP) is 3.08. The highest BCUT2D eigenvalue weighted by Gasteiger charge is 2.25. The first-order valence-electron chi connectivity index (χ1n) is 9.41. The van der Waals surface area contributed by atoms with Gasteiger partial charge in [0.15, 0.2) is 0 Å². The SMILES string of the molecule is O=C(O)CC(OC(=O)Cc1ccc(NCCC2CCCCC2)cc1)C(=O)O. The molecule has 0 heterocycles. The third-order valence-electron chi connectivity index (χ3n) is 4.82. The van der Waals surface area contributed by atoms with Gasteiger partial charge in [0.25, 0.3) is 0 Å². The van der Waals surface area contributed by atoms with E-state index in [1.165, 1.54) is 32.1 Å². The van der Waals surface area contributed by atoms with Gasteiger partial charge in [0, 0.05) is 12.2 Å². The number of esters is 1. The van der Waals surface area contributed by atoms with Gasteiger partial charge in [-0.05, 0) is 30.0 Å². The second-order valence-corrected chi connectivity index (χ2v) is 7.01. The van der Waals surface area contributed by atoms with Crippen LogP contribution in [-0.4, -0.2) is 40.8 Å². The number of rotatable bonds is 10. The van der Waals surface area contributed by atoms with Gasteiger partial charge in [0.2, 0.25) is 6.10 Å². The minimum absolute atomic E-state index is 0.105. The summed E-state index contributed by atoms with van der Waals surface area (Å²) in [5, 5.41) is 20.9. The lowest BCUT2D eigenvalue weighted by molar-refractivity contribution is -0.166. The maximum absolute atomic E-state index is 11.8. The summed E-state index contributed by atoms with van der Waals surface area (Å²) in [6.45, 7) is 0.918. The number of carboxylic acids is 2. The molecule has 1 unspecified atom stereocenters. The van der Waals surface area contributed by atoms with Gasteiger partial charge >= 0.3 is 17.9 Å². The lowest BCUT2D eigenvalue weighted by atomic mass is 9.87. The molecule has 1 saturated carbocycles. The first-order valence-corrected chi connectivity index (χ1v) is 9.41. The molecule has 0 radical (unpaired) electrons. The maximum Gasteiger partial charge on any atom is 0.345 e. The van der Waals surface area contributed by atoms with Crippen molar-refractivity contribution >= 4 is 23.6 Å². The normalized spacial score (nSPS) is 15.7. The van der Waals surface area contributed by atoms with Crippen molar-refractivity contribution in [1.29, 1.82) is 0 Å². The molecule has 7 nitrogen and oxygen atoms in total. The van der Waals surface area contributed by atoms with Crippen molar-refractivity contribution < 1.29 is 29.3 Å². The molecule has 1 aliphatic rings. The fourth-order valence-electron chi connectivity index (χ4n) is 3.34. The summed E-state index contributed by atoms with van der Waals surface area (Å²) < 4.78 is 4.75. The largest absolute Gasteiger partial charge is 0.481 e. The summed E-state index contributed by atoms with van der Waals surface area (Å²) in [5.41, 5.74) is 1.65. The number of ether oxygens (including phenoxy) is 1. The molecular formula is C20H27NO6. The van der Waals surface area contributed by atoms with Crippen LogP contribution < -0.4 is 5.32 Å². The van der Waals surface area contributed by atoms with Crippen molar-refractivity contribution in [3.8, 4) is 0 Å². The van der Waals surface area contributed by atoms with E-state index in [4.69, 9.17) is 14.9 Å². The van der Waals surface area contributed by atoms with E-state index < -0.39 is 30.4 Å². The number of hydrogen-bond donors (Lipinski definition) is 3. The number of aliphatic carboxylic acids is 2. The van der Waals surface area contributed by atoms with Gasteiger partial charge in [-0.25, -0.2) is 4.79 Å². The molecule has 1 fully saturated rings. The first kappa shape index (κ1) is 20.7. The highest BCUT2D eigenvalue weighted by atomic mass is 16.6. The topological polar surface area (TPSA) is 113 Å². The average Bonchev–Trinajstić information content (AvgIpc) is 2.63. The molecule has 148 valence electrons. The molecule has 2 rings (SSSR count). The van der Waals surface area contributed by atoms with Gasteiger partial charge in [-0.2, -0.15) is 0 Å². The zero-order valence-corrected chi connectivity index (χ0v) is 15.4. The van der Waals surface area contributed by atoms with E-state index in [-0.39, 0.29) is 6.42 Å². The lowest BCUT2D eigenvalue weighted by Gasteiger charge is -2.21. The minimum atomic E-state index is -1.67. The Morgan fingerprint density at radius 2 is 1.74 bits per heavy atom. The highest BCUT2D eigenvalue weighted by molar-refractivity contribution is 5.83. The van der Waals surface area contributed by atoms with Gasteiger partial charge in [0.1, 0.15) is 0 Å². The predicted molar refractivity (Wildman–Crippen MR) is 99.6 cm³/mol. The van der Waals surface area contributed by atoms with E-state index in [2.05, 4.69) is 5.32 Å². The van der Waals surface area contributed by atoms with E-state index in [9.17, 15) is 14.4 Å². The summed E-state index contributed by atoms with van der Waals surface area (Å²) in [7, 11) is 0. The van der Waals surface area contributed by atoms with Gasteiger partial charge in [0.05, 0.1) is 12.8 Å². The molecule has 0 bridgehead atoms. The number of anilines is 1. The molecule has 0 amide bonds. The Kier molecular flexibility index (Phi) is 8.10. The van der Waals surface area contributed by atoms with Crippen LogP contribution in [0.1, 0.15) is 50.5 Å². The van der Waals surface area contributed by atoms with Crippen molar-refractivity contribution in [2.45, 2.75) is 57.5 Å². The van der Waals surface area contributed by atoms with E-state index in [1.807, 2.05) is 12.1 Å². The van der Waals surface area contributed by atoms with Crippen LogP contribution in [0.2, 0.25) is 0 Å². The van der Waals surface area contributed by atoms with Crippen LogP contribution >= 0.6 is 0 Å². The zero-order chi connectivity index (χ0) is 19.6. The van der Waals surface area contributed by atoms with Crippen LogP contribution in [0.3, 0.4) is 0 Å². The monoisotopic (exact) mass is 377 g/mol. The Labute approximate surface area is 158 Å². The average molecular weight is 377 g/mol. The Morgan fingerprint density at radius 3 is 2.33 bits per heavy atom. The highest BCUT2D eigenvalue weighted by Crippen LogP contribution is 2.26. The number of carbonyl (C=O) groups excluding carboxylic acids is 1. The van der Waals surface area contributed by atoms with E-state index in [0.29, 0.717) is 5.56 Å². The second kappa shape index (κ2) is 10.5. The standard InChI is InChI=1S/C20H27NO6/c22-18(23)13-17(20(25)26)27-19(24)12-15-6-8-16(9-7-15)21-11-10-14-4-2-1-3-5-14/h6-9,14,17,21H,1-5,10-13H2,(H,22,23)(H,25,26). The summed E-state index contributed by atoms with van der Waals surface area (Å²) in [5.74, 6) is -2.75. The molecule has 0 spiro atoms. The van der Waals surface area contributed by atoms with Crippen molar-refractivity contribution in [3.63, 3.8) is 0 Å². The Bertz CT molecular complexity index is 636. The van der Waals surface area contributed by atoms with Gasteiger partial charge < -0.3 is 20.3 Å². The molecule has 1 aromatic carbocycles. The quantitative estimate of drug-likeness (QED) is 0.537. The summed E-state index contributed by atoms with van der Waals surface area (Å²) in [6.07, 6.45) is 5.30. The molecule has 0 aromatic heterocycles. The van der Waals surface area contributed by atoms with Crippen molar-refractivity contribution in [1.82, 2.24) is 0 Å². The molecule has 1 aliphatic carbocycles. The summed E-state index contributed by atoms with van der Waals surface area (Å²) in [4.78, 5) is 33.4. The fraction of sp³-hybridized carbons (Fsp3) is 0.550. The molecular weight excluding hydrogens is 350 g/mol. The summed E-state index contributed by atoms with van der Waals surface area (Å²) in [6, 6.07) is 7.29. The summed E-state index contributed by atoms with van der Waals surface area (Å²) >= 11 is 0. The maximum atomic E-state index is 11.8. The number of hydrogen-bond acceptors (Lipinski definition) is 5. The van der Waals surface area contributed by atoms with Crippen LogP contribution in [0.15, 0.2) is 24.3 Å². The Balaban J connectivity index is 1.75. The van der Waals surface area contributed by atoms with Crippen molar-refractivity contribution in [2.24, 2.45) is 5.92 Å². The third kappa shape index (κ3) is 7.68. The van der Waals surface area contributed by atoms with Gasteiger partial charge in [-0.15, -0.1) is 0 Å².